The van der Waals surface area contributed by atoms with Gasteiger partial charge in [-0.25, -0.2) is 0 Å². The molecule has 2 aromatic carbocycles. The number of benzene rings is 2. The maximum Gasteiger partial charge on any atom is 0.313 e. The normalized spacial score (nSPS) is 13.6. The molecule has 0 saturated carbocycles. The lowest BCUT2D eigenvalue weighted by atomic mass is 10.1. The van der Waals surface area contributed by atoms with Crippen LogP contribution in [0.25, 0.3) is 0 Å². The number of aryl methyl sites for hydroxylation is 1. The fraction of sp³-hybridized carbons (Fsp3) is 0.217. The summed E-state index contributed by atoms with van der Waals surface area (Å²) in [6, 6.07) is 17.5. The first kappa shape index (κ1) is 20.4. The maximum absolute atomic E-state index is 12.5. The number of carbonyl (C=O) groups is 2. The highest BCUT2D eigenvalue weighted by Crippen LogP contribution is 2.36. The smallest absolute Gasteiger partial charge is 0.313 e. The second kappa shape index (κ2) is 8.90. The van der Waals surface area contributed by atoms with E-state index in [1.807, 2.05) is 30.5 Å². The molecule has 1 atom stereocenters. The lowest BCUT2D eigenvalue weighted by molar-refractivity contribution is -0.136. The third-order valence-corrected chi connectivity index (χ3v) is 6.49. The number of para-hydroxylation sites is 1. The van der Waals surface area contributed by atoms with E-state index in [2.05, 4.69) is 33.7 Å². The molecule has 2 N–H and O–H groups in total. The van der Waals surface area contributed by atoms with Gasteiger partial charge in [0.25, 0.3) is 0 Å². The van der Waals surface area contributed by atoms with E-state index in [0.717, 1.165) is 23.4 Å². The first-order valence-electron chi connectivity index (χ1n) is 9.76. The van der Waals surface area contributed by atoms with E-state index in [1.54, 1.807) is 29.5 Å². The molecule has 7 heteroatoms. The van der Waals surface area contributed by atoms with Gasteiger partial charge < -0.3 is 15.5 Å². The third kappa shape index (κ3) is 4.35. The van der Waals surface area contributed by atoms with Gasteiger partial charge in [-0.1, -0.05) is 41.9 Å². The fourth-order valence-electron chi connectivity index (χ4n) is 3.71. The van der Waals surface area contributed by atoms with Gasteiger partial charge in [0, 0.05) is 34.4 Å². The Morgan fingerprint density at radius 1 is 1.13 bits per heavy atom. The number of anilines is 2. The van der Waals surface area contributed by atoms with E-state index >= 15 is 0 Å². The minimum atomic E-state index is -0.702. The van der Waals surface area contributed by atoms with Crippen molar-refractivity contribution < 1.29 is 9.59 Å². The van der Waals surface area contributed by atoms with Gasteiger partial charge in [0.1, 0.15) is 0 Å². The molecule has 0 aliphatic carbocycles. The molecular weight excluding hydrogens is 418 g/mol. The van der Waals surface area contributed by atoms with Crippen LogP contribution in [0.15, 0.2) is 60.0 Å². The Balaban J connectivity index is 1.46. The topological polar surface area (TPSA) is 61.4 Å². The predicted molar refractivity (Wildman–Crippen MR) is 122 cm³/mol. The van der Waals surface area contributed by atoms with E-state index in [-0.39, 0.29) is 6.04 Å². The van der Waals surface area contributed by atoms with Crippen molar-refractivity contribution >= 4 is 46.1 Å². The van der Waals surface area contributed by atoms with Gasteiger partial charge in [-0.15, -0.1) is 11.3 Å². The highest BCUT2D eigenvalue weighted by atomic mass is 35.5. The quantitative estimate of drug-likeness (QED) is 0.572. The second-order valence-electron chi connectivity index (χ2n) is 7.23. The van der Waals surface area contributed by atoms with Crippen molar-refractivity contribution in [3.05, 3.63) is 81.0 Å². The van der Waals surface area contributed by atoms with Crippen molar-refractivity contribution in [1.29, 1.82) is 0 Å². The van der Waals surface area contributed by atoms with Crippen molar-refractivity contribution in [2.45, 2.75) is 19.4 Å². The number of halogens is 1. The Hall–Kier alpha value is -2.83. The summed E-state index contributed by atoms with van der Waals surface area (Å²) in [5, 5.41) is 7.99. The summed E-state index contributed by atoms with van der Waals surface area (Å²) in [7, 11) is 0. The minimum absolute atomic E-state index is 0.0293. The van der Waals surface area contributed by atoms with Crippen LogP contribution in [-0.4, -0.2) is 24.9 Å². The summed E-state index contributed by atoms with van der Waals surface area (Å²) in [5.74, 6) is -1.37. The lowest BCUT2D eigenvalue weighted by Crippen LogP contribution is -2.41. The van der Waals surface area contributed by atoms with Crippen LogP contribution in [-0.2, 0) is 16.0 Å². The number of rotatable bonds is 5. The highest BCUT2D eigenvalue weighted by molar-refractivity contribution is 7.10. The molecule has 154 valence electrons. The molecule has 1 aliphatic heterocycles. The Kier molecular flexibility index (Phi) is 6.06. The van der Waals surface area contributed by atoms with Crippen molar-refractivity contribution in [2.24, 2.45) is 0 Å². The first-order valence-corrected chi connectivity index (χ1v) is 11.0. The Morgan fingerprint density at radius 2 is 1.97 bits per heavy atom. The van der Waals surface area contributed by atoms with Gasteiger partial charge >= 0.3 is 11.8 Å². The molecule has 2 heterocycles. The number of nitrogens with zero attached hydrogens (tertiary/aromatic N) is 1. The zero-order chi connectivity index (χ0) is 21.1. The zero-order valence-corrected chi connectivity index (χ0v) is 18.1. The van der Waals surface area contributed by atoms with Crippen molar-refractivity contribution in [3.8, 4) is 0 Å². The molecule has 0 radical (unpaired) electrons. The number of carbonyl (C=O) groups excluding carboxylic acids is 2. The largest absolute Gasteiger partial charge is 0.361 e. The number of nitrogens with one attached hydrogen (secondary N) is 2. The molecule has 0 fully saturated rings. The molecular formula is C23H22ClN3O2S. The molecule has 1 aromatic heterocycles. The molecule has 0 bridgehead atoms. The second-order valence-corrected chi connectivity index (χ2v) is 8.64. The van der Waals surface area contributed by atoms with Gasteiger partial charge in [0.2, 0.25) is 0 Å². The van der Waals surface area contributed by atoms with Crippen LogP contribution in [0.1, 0.15) is 22.0 Å². The van der Waals surface area contributed by atoms with E-state index in [4.69, 9.17) is 11.6 Å². The molecule has 0 spiro atoms. The highest BCUT2D eigenvalue weighted by Gasteiger charge is 2.28. The van der Waals surface area contributed by atoms with Crippen LogP contribution in [0.4, 0.5) is 11.4 Å². The Bertz CT molecular complexity index is 1070. The first-order chi connectivity index (χ1) is 14.5. The van der Waals surface area contributed by atoms with Gasteiger partial charge in [-0.2, -0.15) is 0 Å². The summed E-state index contributed by atoms with van der Waals surface area (Å²) in [5.41, 5.74) is 3.86. The van der Waals surface area contributed by atoms with Crippen LogP contribution in [0, 0.1) is 6.92 Å². The average Bonchev–Trinajstić information content (AvgIpc) is 3.41. The summed E-state index contributed by atoms with van der Waals surface area (Å²) >= 11 is 7.65. The number of thiophene rings is 1. The van der Waals surface area contributed by atoms with Gasteiger partial charge in [0.05, 0.1) is 6.04 Å². The predicted octanol–water partition coefficient (Wildman–Crippen LogP) is 4.57. The van der Waals surface area contributed by atoms with Gasteiger partial charge in [0.15, 0.2) is 0 Å². The SMILES string of the molecule is Cc1ccc(Cl)cc1NC(=O)C(=O)NC[C@@H](c1cccs1)N1CCc2ccccc21. The number of hydrogen-bond acceptors (Lipinski definition) is 4. The maximum atomic E-state index is 12.5. The van der Waals surface area contributed by atoms with E-state index in [0.29, 0.717) is 17.3 Å². The van der Waals surface area contributed by atoms with Crippen LogP contribution in [0.5, 0.6) is 0 Å². The van der Waals surface area contributed by atoms with Crippen molar-refractivity contribution in [3.63, 3.8) is 0 Å². The lowest BCUT2D eigenvalue weighted by Gasteiger charge is -2.30. The monoisotopic (exact) mass is 439 g/mol. The number of fused-ring (bicyclic) bond motifs is 1. The molecule has 3 aromatic rings. The minimum Gasteiger partial charge on any atom is -0.361 e. The third-order valence-electron chi connectivity index (χ3n) is 5.28. The van der Waals surface area contributed by atoms with Gasteiger partial charge in [-0.05, 0) is 54.1 Å². The van der Waals surface area contributed by atoms with E-state index in [9.17, 15) is 9.59 Å². The molecule has 0 unspecified atom stereocenters. The van der Waals surface area contributed by atoms with E-state index in [1.165, 1.54) is 11.3 Å². The van der Waals surface area contributed by atoms with Crippen LogP contribution in [0.2, 0.25) is 5.02 Å². The molecule has 0 saturated heterocycles. The molecule has 4 rings (SSSR count). The Morgan fingerprint density at radius 3 is 2.77 bits per heavy atom. The fourth-order valence-corrected chi connectivity index (χ4v) is 4.72. The summed E-state index contributed by atoms with van der Waals surface area (Å²) in [6.07, 6.45) is 0.973. The summed E-state index contributed by atoms with van der Waals surface area (Å²) in [4.78, 5) is 28.4. The van der Waals surface area contributed by atoms with Crippen molar-refractivity contribution in [2.75, 3.05) is 23.3 Å². The van der Waals surface area contributed by atoms with Crippen LogP contribution in [0.3, 0.4) is 0 Å². The van der Waals surface area contributed by atoms with Crippen LogP contribution >= 0.6 is 22.9 Å². The standard InChI is InChI=1S/C23H22ClN3O2S/c1-15-8-9-17(24)13-18(15)26-23(29)22(28)25-14-20(21-7-4-12-30-21)27-11-10-16-5-2-3-6-19(16)27/h2-9,12-13,20H,10-11,14H2,1H3,(H,25,28)(H,26,29)/t20-/m0/s1. The molecule has 5 nitrogen and oxygen atoms in total. The molecule has 30 heavy (non-hydrogen) atoms. The van der Waals surface area contributed by atoms with Crippen molar-refractivity contribution in [1.82, 2.24) is 5.32 Å². The number of hydrogen-bond donors (Lipinski definition) is 2. The van der Waals surface area contributed by atoms with Gasteiger partial charge in [-0.3, -0.25) is 9.59 Å². The Labute approximate surface area is 184 Å². The number of amides is 2. The molecule has 1 aliphatic rings. The summed E-state index contributed by atoms with van der Waals surface area (Å²) < 4.78 is 0. The van der Waals surface area contributed by atoms with E-state index < -0.39 is 11.8 Å². The van der Waals surface area contributed by atoms with Crippen LogP contribution < -0.4 is 15.5 Å². The average molecular weight is 440 g/mol. The molecule has 2 amide bonds. The summed E-state index contributed by atoms with van der Waals surface area (Å²) in [6.45, 7) is 3.07. The zero-order valence-electron chi connectivity index (χ0n) is 16.5.